The minimum absolute atomic E-state index is 0.183. The third-order valence-electron chi connectivity index (χ3n) is 4.21. The maximum atomic E-state index is 12.6. The van der Waals surface area contributed by atoms with Gasteiger partial charge in [0.25, 0.3) is 10.0 Å². The summed E-state index contributed by atoms with van der Waals surface area (Å²) in [5.74, 6) is -0.315. The van der Waals surface area contributed by atoms with Gasteiger partial charge in [-0.1, -0.05) is 18.2 Å². The minimum atomic E-state index is -3.67. The number of rotatable bonds is 6. The lowest BCUT2D eigenvalue weighted by atomic mass is 10.2. The fraction of sp³-hybridized carbons (Fsp3) is 0.263. The summed E-state index contributed by atoms with van der Waals surface area (Å²) in [7, 11) is -0.854. The summed E-state index contributed by atoms with van der Waals surface area (Å²) in [6, 6.07) is 12.3. The van der Waals surface area contributed by atoms with Crippen LogP contribution in [-0.2, 0) is 21.4 Å². The number of hydrogen-bond acceptors (Lipinski definition) is 6. The molecule has 9 heteroatoms. The zero-order valence-electron chi connectivity index (χ0n) is 16.0. The van der Waals surface area contributed by atoms with Crippen LogP contribution < -0.4 is 0 Å². The molecule has 1 aromatic carbocycles. The number of hydrogen-bond donors (Lipinski definition) is 0. The van der Waals surface area contributed by atoms with Crippen LogP contribution in [0, 0.1) is 13.8 Å². The monoisotopic (exact) mass is 403 g/mol. The summed E-state index contributed by atoms with van der Waals surface area (Å²) in [4.78, 5) is 12.6. The van der Waals surface area contributed by atoms with E-state index in [1.807, 2.05) is 30.3 Å². The van der Waals surface area contributed by atoms with Crippen LogP contribution in [0.4, 0.5) is 0 Å². The van der Waals surface area contributed by atoms with Crippen molar-refractivity contribution in [1.82, 2.24) is 14.1 Å². The van der Waals surface area contributed by atoms with E-state index in [1.165, 1.54) is 26.2 Å². The lowest BCUT2D eigenvalue weighted by Gasteiger charge is -2.08. The number of carbonyl (C=O) groups excluding carboxylic acids is 1. The van der Waals surface area contributed by atoms with Gasteiger partial charge in [-0.3, -0.25) is 0 Å². The SMILES string of the molecule is Cc1nn(-c2ccccc2)c(C)c1C(=O)OCc1ccc(S(=O)(=O)N(C)C)o1. The molecule has 0 saturated heterocycles. The molecule has 3 aromatic rings. The molecule has 0 aliphatic carbocycles. The largest absolute Gasteiger partial charge is 0.454 e. The Bertz CT molecular complexity index is 1100. The van der Waals surface area contributed by atoms with E-state index >= 15 is 0 Å². The van der Waals surface area contributed by atoms with Crippen molar-refractivity contribution >= 4 is 16.0 Å². The molecule has 0 spiro atoms. The zero-order chi connectivity index (χ0) is 20.5. The Morgan fingerprint density at radius 2 is 1.82 bits per heavy atom. The van der Waals surface area contributed by atoms with Crippen molar-refractivity contribution in [2.45, 2.75) is 25.5 Å². The summed E-state index contributed by atoms with van der Waals surface area (Å²) < 4.78 is 37.4. The molecule has 2 aromatic heterocycles. The van der Waals surface area contributed by atoms with Crippen LogP contribution in [0.5, 0.6) is 0 Å². The summed E-state index contributed by atoms with van der Waals surface area (Å²) >= 11 is 0. The Labute approximate surface area is 163 Å². The molecule has 0 radical (unpaired) electrons. The molecule has 0 unspecified atom stereocenters. The van der Waals surface area contributed by atoms with E-state index in [0.29, 0.717) is 17.0 Å². The molecule has 2 heterocycles. The van der Waals surface area contributed by atoms with Gasteiger partial charge in [0.15, 0.2) is 0 Å². The molecule has 3 rings (SSSR count). The van der Waals surface area contributed by atoms with Gasteiger partial charge in [-0.25, -0.2) is 22.2 Å². The van der Waals surface area contributed by atoms with E-state index in [4.69, 9.17) is 9.15 Å². The van der Waals surface area contributed by atoms with E-state index in [0.717, 1.165) is 9.99 Å². The van der Waals surface area contributed by atoms with Crippen molar-refractivity contribution in [3.05, 3.63) is 65.2 Å². The summed E-state index contributed by atoms with van der Waals surface area (Å²) in [5, 5.41) is 4.22. The number of aromatic nitrogens is 2. The lowest BCUT2D eigenvalue weighted by molar-refractivity contribution is 0.0439. The van der Waals surface area contributed by atoms with Crippen LogP contribution in [0.3, 0.4) is 0 Å². The Balaban J connectivity index is 1.76. The number of furan rings is 1. The molecule has 0 N–H and O–H groups in total. The highest BCUT2D eigenvalue weighted by molar-refractivity contribution is 7.88. The highest BCUT2D eigenvalue weighted by Gasteiger charge is 2.23. The molecule has 0 amide bonds. The van der Waals surface area contributed by atoms with Crippen molar-refractivity contribution in [3.8, 4) is 5.69 Å². The van der Waals surface area contributed by atoms with Crippen molar-refractivity contribution in [3.63, 3.8) is 0 Å². The third-order valence-corrected chi connectivity index (χ3v) is 5.90. The number of ether oxygens (including phenoxy) is 1. The molecule has 0 saturated carbocycles. The lowest BCUT2D eigenvalue weighted by Crippen LogP contribution is -2.21. The molecule has 28 heavy (non-hydrogen) atoms. The predicted molar refractivity (Wildman–Crippen MR) is 102 cm³/mol. The average Bonchev–Trinajstić information content (AvgIpc) is 3.25. The van der Waals surface area contributed by atoms with Gasteiger partial charge in [-0.15, -0.1) is 0 Å². The number of para-hydroxylation sites is 1. The first-order valence-corrected chi connectivity index (χ1v) is 9.96. The highest BCUT2D eigenvalue weighted by atomic mass is 32.2. The van der Waals surface area contributed by atoms with Gasteiger partial charge in [-0.2, -0.15) is 5.10 Å². The molecule has 0 bridgehead atoms. The van der Waals surface area contributed by atoms with Crippen LogP contribution in [0.2, 0.25) is 0 Å². The number of benzene rings is 1. The number of aryl methyl sites for hydroxylation is 1. The smallest absolute Gasteiger partial charge is 0.342 e. The van der Waals surface area contributed by atoms with Crippen LogP contribution >= 0.6 is 0 Å². The van der Waals surface area contributed by atoms with Crippen LogP contribution in [0.1, 0.15) is 27.5 Å². The van der Waals surface area contributed by atoms with Gasteiger partial charge in [0, 0.05) is 14.1 Å². The molecular formula is C19H21N3O5S. The van der Waals surface area contributed by atoms with Gasteiger partial charge >= 0.3 is 5.97 Å². The van der Waals surface area contributed by atoms with Gasteiger partial charge in [0.1, 0.15) is 17.9 Å². The minimum Gasteiger partial charge on any atom is -0.454 e. The van der Waals surface area contributed by atoms with E-state index < -0.39 is 16.0 Å². The van der Waals surface area contributed by atoms with Crippen LogP contribution in [-0.4, -0.2) is 42.6 Å². The van der Waals surface area contributed by atoms with E-state index in [-0.39, 0.29) is 17.5 Å². The fourth-order valence-electron chi connectivity index (χ4n) is 2.72. The molecule has 148 valence electrons. The Kier molecular flexibility index (Phi) is 5.39. The maximum Gasteiger partial charge on any atom is 0.342 e. The third kappa shape index (κ3) is 3.71. The van der Waals surface area contributed by atoms with Gasteiger partial charge in [-0.05, 0) is 38.1 Å². The molecule has 0 fully saturated rings. The molecule has 0 aliphatic rings. The number of sulfonamides is 1. The molecule has 0 atom stereocenters. The zero-order valence-corrected chi connectivity index (χ0v) is 16.9. The quantitative estimate of drug-likeness (QED) is 0.587. The Morgan fingerprint density at radius 1 is 1.14 bits per heavy atom. The summed E-state index contributed by atoms with van der Waals surface area (Å²) in [6.07, 6.45) is 0. The molecular weight excluding hydrogens is 382 g/mol. The van der Waals surface area contributed by atoms with Crippen LogP contribution in [0.15, 0.2) is 52.0 Å². The first-order valence-electron chi connectivity index (χ1n) is 8.52. The van der Waals surface area contributed by atoms with Gasteiger partial charge < -0.3 is 9.15 Å². The molecule has 8 nitrogen and oxygen atoms in total. The van der Waals surface area contributed by atoms with Gasteiger partial charge in [0.2, 0.25) is 5.09 Å². The standard InChI is InChI=1S/C19H21N3O5S/c1-13-18(14(2)22(20-13)15-8-6-5-7-9-15)19(23)26-12-16-10-11-17(27-16)28(24,25)21(3)4/h5-11H,12H2,1-4H3. The topological polar surface area (TPSA) is 94.6 Å². The van der Waals surface area contributed by atoms with Crippen LogP contribution in [0.25, 0.3) is 5.69 Å². The summed E-state index contributed by atoms with van der Waals surface area (Å²) in [6.45, 7) is 3.34. The second-order valence-corrected chi connectivity index (χ2v) is 8.46. The maximum absolute atomic E-state index is 12.6. The van der Waals surface area contributed by atoms with Crippen molar-refractivity contribution in [1.29, 1.82) is 0 Å². The normalized spacial score (nSPS) is 11.8. The number of carbonyl (C=O) groups is 1. The first kappa shape index (κ1) is 19.8. The summed E-state index contributed by atoms with van der Waals surface area (Å²) in [5.41, 5.74) is 2.41. The van der Waals surface area contributed by atoms with Crippen molar-refractivity contribution in [2.75, 3.05) is 14.1 Å². The van der Waals surface area contributed by atoms with Crippen molar-refractivity contribution in [2.24, 2.45) is 0 Å². The second kappa shape index (κ2) is 7.61. The van der Waals surface area contributed by atoms with E-state index in [1.54, 1.807) is 18.5 Å². The predicted octanol–water partition coefficient (Wildman–Crippen LogP) is 2.69. The number of nitrogens with zero attached hydrogens (tertiary/aromatic N) is 3. The van der Waals surface area contributed by atoms with E-state index in [2.05, 4.69) is 5.10 Å². The van der Waals surface area contributed by atoms with Crippen molar-refractivity contribution < 1.29 is 22.4 Å². The molecule has 0 aliphatic heterocycles. The highest BCUT2D eigenvalue weighted by Crippen LogP contribution is 2.21. The van der Waals surface area contributed by atoms with Gasteiger partial charge in [0.05, 0.1) is 17.1 Å². The first-order chi connectivity index (χ1) is 13.2. The Morgan fingerprint density at radius 3 is 2.46 bits per heavy atom. The second-order valence-electron chi connectivity index (χ2n) is 6.38. The van der Waals surface area contributed by atoms with E-state index in [9.17, 15) is 13.2 Å². The Hall–Kier alpha value is -2.91. The fourth-order valence-corrected chi connectivity index (χ4v) is 3.53. The average molecular weight is 403 g/mol. The number of esters is 1.